The van der Waals surface area contributed by atoms with Gasteiger partial charge in [-0.1, -0.05) is 18.2 Å². The second-order valence-electron chi connectivity index (χ2n) is 5.82. The summed E-state index contributed by atoms with van der Waals surface area (Å²) in [5, 5.41) is 23.2. The van der Waals surface area contributed by atoms with Gasteiger partial charge in [-0.2, -0.15) is 10.5 Å². The van der Waals surface area contributed by atoms with E-state index in [2.05, 4.69) is 10.6 Å². The molecule has 0 fully saturated rings. The minimum atomic E-state index is -0.273. The van der Waals surface area contributed by atoms with Crippen LogP contribution in [-0.4, -0.2) is 19.1 Å². The lowest BCUT2D eigenvalue weighted by atomic mass is 10.1. The van der Waals surface area contributed by atoms with Gasteiger partial charge in [0.25, 0.3) is 5.91 Å². The van der Waals surface area contributed by atoms with Crippen molar-refractivity contribution in [3.63, 3.8) is 0 Å². The Morgan fingerprint density at radius 3 is 2.56 bits per heavy atom. The van der Waals surface area contributed by atoms with Crippen LogP contribution in [0.5, 0.6) is 5.75 Å². The van der Waals surface area contributed by atoms with Crippen molar-refractivity contribution in [3.8, 4) is 17.9 Å². The van der Waals surface area contributed by atoms with E-state index in [4.69, 9.17) is 15.3 Å². The van der Waals surface area contributed by atoms with Gasteiger partial charge in [-0.25, -0.2) is 0 Å². The number of amides is 1. The number of hydrogen-bond acceptors (Lipinski definition) is 5. The van der Waals surface area contributed by atoms with Crippen LogP contribution in [-0.2, 0) is 0 Å². The number of carbonyl (C=O) groups excluding carboxylic acids is 1. The molecule has 27 heavy (non-hydrogen) atoms. The largest absolute Gasteiger partial charge is 0.492 e. The zero-order chi connectivity index (χ0) is 19.6. The van der Waals surface area contributed by atoms with Gasteiger partial charge in [0, 0.05) is 6.20 Å². The van der Waals surface area contributed by atoms with E-state index in [1.807, 2.05) is 32.0 Å². The summed E-state index contributed by atoms with van der Waals surface area (Å²) in [4.78, 5) is 12.4. The maximum atomic E-state index is 12.4. The Hall–Kier alpha value is -3.77. The van der Waals surface area contributed by atoms with Crippen LogP contribution in [0.1, 0.15) is 21.5 Å². The molecule has 2 N–H and O–H groups in total. The van der Waals surface area contributed by atoms with Crippen LogP contribution < -0.4 is 15.4 Å². The average Bonchev–Trinajstić information content (AvgIpc) is 2.69. The number of rotatable bonds is 7. The topological polar surface area (TPSA) is 97.9 Å². The van der Waals surface area contributed by atoms with Gasteiger partial charge < -0.3 is 15.4 Å². The summed E-state index contributed by atoms with van der Waals surface area (Å²) in [5.41, 5.74) is 3.19. The van der Waals surface area contributed by atoms with Crippen molar-refractivity contribution in [2.24, 2.45) is 0 Å². The van der Waals surface area contributed by atoms with Gasteiger partial charge in [0.15, 0.2) is 0 Å². The lowest BCUT2D eigenvalue weighted by Gasteiger charge is -2.11. The van der Waals surface area contributed by atoms with Crippen LogP contribution in [0.4, 0.5) is 5.69 Å². The third-order valence-corrected chi connectivity index (χ3v) is 3.92. The SMILES string of the molecule is Cc1ccc(OCCNC(=O)c2ccccc2NC=C(C#N)C#N)cc1C. The van der Waals surface area contributed by atoms with Gasteiger partial charge in [-0.15, -0.1) is 0 Å². The van der Waals surface area contributed by atoms with Crippen LogP contribution in [0.25, 0.3) is 0 Å². The molecule has 0 bridgehead atoms. The first-order valence-electron chi connectivity index (χ1n) is 8.39. The van der Waals surface area contributed by atoms with Crippen molar-refractivity contribution in [3.05, 3.63) is 70.9 Å². The average molecular weight is 360 g/mol. The van der Waals surface area contributed by atoms with Crippen LogP contribution in [0, 0.1) is 36.5 Å². The van der Waals surface area contributed by atoms with Crippen molar-refractivity contribution in [2.75, 3.05) is 18.5 Å². The third kappa shape index (κ3) is 5.62. The van der Waals surface area contributed by atoms with Gasteiger partial charge in [0.2, 0.25) is 0 Å². The number of ether oxygens (including phenoxy) is 1. The van der Waals surface area contributed by atoms with E-state index < -0.39 is 0 Å². The Labute approximate surface area is 158 Å². The molecule has 6 nitrogen and oxygen atoms in total. The monoisotopic (exact) mass is 360 g/mol. The molecule has 0 aliphatic heterocycles. The molecule has 0 spiro atoms. The van der Waals surface area contributed by atoms with E-state index in [-0.39, 0.29) is 11.5 Å². The molecule has 0 aromatic heterocycles. The Morgan fingerprint density at radius 2 is 1.85 bits per heavy atom. The molecule has 6 heteroatoms. The standard InChI is InChI=1S/C21H20N4O2/c1-15-7-8-18(11-16(15)2)27-10-9-24-21(26)19-5-3-4-6-20(19)25-14-17(12-22)13-23/h3-8,11,14,25H,9-10H2,1-2H3,(H,24,26). The highest BCUT2D eigenvalue weighted by Crippen LogP contribution is 2.17. The van der Waals surface area contributed by atoms with Gasteiger partial charge in [0.1, 0.15) is 30.1 Å². The third-order valence-electron chi connectivity index (χ3n) is 3.92. The minimum absolute atomic E-state index is 0.0768. The molecule has 1 amide bonds. The molecule has 0 radical (unpaired) electrons. The first kappa shape index (κ1) is 19.6. The van der Waals surface area contributed by atoms with E-state index >= 15 is 0 Å². The fourth-order valence-electron chi connectivity index (χ4n) is 2.28. The second-order valence-corrected chi connectivity index (χ2v) is 5.82. The van der Waals surface area contributed by atoms with Crippen LogP contribution >= 0.6 is 0 Å². The molecule has 0 aliphatic rings. The Kier molecular flexibility index (Phi) is 6.99. The molecule has 0 saturated carbocycles. The van der Waals surface area contributed by atoms with E-state index in [1.54, 1.807) is 36.4 Å². The van der Waals surface area contributed by atoms with Crippen molar-refractivity contribution in [2.45, 2.75) is 13.8 Å². The summed E-state index contributed by atoms with van der Waals surface area (Å²) in [5.74, 6) is 0.491. The molecular formula is C21H20N4O2. The molecule has 0 saturated heterocycles. The molecule has 0 unspecified atom stereocenters. The molecule has 2 aromatic carbocycles. The Bertz CT molecular complexity index is 920. The summed E-state index contributed by atoms with van der Waals surface area (Å²) in [6, 6.07) is 16.2. The molecule has 2 rings (SSSR count). The quantitative estimate of drug-likeness (QED) is 0.582. The number of carbonyl (C=O) groups is 1. The lowest BCUT2D eigenvalue weighted by Crippen LogP contribution is -2.28. The van der Waals surface area contributed by atoms with Gasteiger partial charge in [-0.3, -0.25) is 4.79 Å². The van der Waals surface area contributed by atoms with Crippen molar-refractivity contribution in [1.29, 1.82) is 10.5 Å². The molecule has 2 aromatic rings. The summed E-state index contributed by atoms with van der Waals surface area (Å²) in [7, 11) is 0. The summed E-state index contributed by atoms with van der Waals surface area (Å²) in [6.07, 6.45) is 1.27. The number of aryl methyl sites for hydroxylation is 2. The number of hydrogen-bond donors (Lipinski definition) is 2. The van der Waals surface area contributed by atoms with Crippen LogP contribution in [0.15, 0.2) is 54.2 Å². The van der Waals surface area contributed by atoms with E-state index in [0.717, 1.165) is 11.3 Å². The molecule has 136 valence electrons. The minimum Gasteiger partial charge on any atom is -0.492 e. The first-order chi connectivity index (χ1) is 13.0. The zero-order valence-corrected chi connectivity index (χ0v) is 15.2. The molecular weight excluding hydrogens is 340 g/mol. The van der Waals surface area contributed by atoms with E-state index in [0.29, 0.717) is 24.4 Å². The van der Waals surface area contributed by atoms with Crippen LogP contribution in [0.3, 0.4) is 0 Å². The number of para-hydroxylation sites is 1. The number of benzene rings is 2. The lowest BCUT2D eigenvalue weighted by molar-refractivity contribution is 0.0948. The predicted molar refractivity (Wildman–Crippen MR) is 103 cm³/mol. The van der Waals surface area contributed by atoms with Crippen molar-refractivity contribution in [1.82, 2.24) is 5.32 Å². The van der Waals surface area contributed by atoms with E-state index in [9.17, 15) is 4.79 Å². The number of nitriles is 2. The Balaban J connectivity index is 1.92. The highest BCUT2D eigenvalue weighted by molar-refractivity contribution is 5.99. The second kappa shape index (κ2) is 9.65. The molecule has 0 atom stereocenters. The predicted octanol–water partition coefficient (Wildman–Crippen LogP) is 3.46. The molecule has 0 aliphatic carbocycles. The van der Waals surface area contributed by atoms with Gasteiger partial charge in [-0.05, 0) is 49.2 Å². The van der Waals surface area contributed by atoms with Crippen molar-refractivity contribution >= 4 is 11.6 Å². The smallest absolute Gasteiger partial charge is 0.253 e. The zero-order valence-electron chi connectivity index (χ0n) is 15.2. The highest BCUT2D eigenvalue weighted by Gasteiger charge is 2.10. The van der Waals surface area contributed by atoms with E-state index in [1.165, 1.54) is 11.8 Å². The fourth-order valence-corrected chi connectivity index (χ4v) is 2.28. The maximum Gasteiger partial charge on any atom is 0.253 e. The number of allylic oxidation sites excluding steroid dienone is 1. The first-order valence-corrected chi connectivity index (χ1v) is 8.39. The van der Waals surface area contributed by atoms with Gasteiger partial charge in [0.05, 0.1) is 17.8 Å². The van der Waals surface area contributed by atoms with Gasteiger partial charge >= 0.3 is 0 Å². The summed E-state index contributed by atoms with van der Waals surface area (Å²) in [6.45, 7) is 4.75. The Morgan fingerprint density at radius 1 is 1.11 bits per heavy atom. The van der Waals surface area contributed by atoms with Crippen LogP contribution in [0.2, 0.25) is 0 Å². The number of nitrogens with zero attached hydrogens (tertiary/aromatic N) is 2. The maximum absolute atomic E-state index is 12.4. The highest BCUT2D eigenvalue weighted by atomic mass is 16.5. The summed E-state index contributed by atoms with van der Waals surface area (Å²) >= 11 is 0. The summed E-state index contributed by atoms with van der Waals surface area (Å²) < 4.78 is 5.65. The van der Waals surface area contributed by atoms with Crippen molar-refractivity contribution < 1.29 is 9.53 Å². The molecule has 0 heterocycles. The number of nitrogens with one attached hydrogen (secondary N) is 2. The fraction of sp³-hybridized carbons (Fsp3) is 0.190. The normalized spacial score (nSPS) is 9.48. The number of anilines is 1.